The third-order valence-electron chi connectivity index (χ3n) is 3.39. The number of carbonyl (C=O) groups excluding carboxylic acids is 1. The topological polar surface area (TPSA) is 63.6 Å². The van der Waals surface area contributed by atoms with Crippen molar-refractivity contribution < 1.29 is 19.4 Å². The van der Waals surface area contributed by atoms with Crippen LogP contribution < -0.4 is 0 Å². The molecule has 120 valence electrons. The Hall–Kier alpha value is -2.10. The first-order valence-electron chi connectivity index (χ1n) is 7.57. The molecule has 0 saturated heterocycles. The Labute approximate surface area is 131 Å². The maximum atomic E-state index is 11.7. The first kappa shape index (κ1) is 18.0. The van der Waals surface area contributed by atoms with Gasteiger partial charge in [0.05, 0.1) is 0 Å². The van der Waals surface area contributed by atoms with Crippen LogP contribution in [0.3, 0.4) is 0 Å². The number of rotatable bonds is 4. The van der Waals surface area contributed by atoms with Crippen LogP contribution in [0.4, 0.5) is 0 Å². The summed E-state index contributed by atoms with van der Waals surface area (Å²) in [5, 5.41) is 7.89. The molecule has 2 rings (SSSR count). The van der Waals surface area contributed by atoms with E-state index < -0.39 is 5.97 Å². The molecule has 0 radical (unpaired) electrons. The molecular weight excluding hydrogens is 280 g/mol. The van der Waals surface area contributed by atoms with E-state index in [2.05, 4.69) is 12.7 Å². The van der Waals surface area contributed by atoms with E-state index in [0.29, 0.717) is 5.57 Å². The van der Waals surface area contributed by atoms with E-state index in [0.717, 1.165) is 37.9 Å². The van der Waals surface area contributed by atoms with Gasteiger partial charge in [0.1, 0.15) is 5.76 Å². The van der Waals surface area contributed by atoms with Crippen LogP contribution in [0.25, 0.3) is 0 Å². The lowest BCUT2D eigenvalue weighted by Gasteiger charge is -2.05. The van der Waals surface area contributed by atoms with Crippen LogP contribution in [-0.2, 0) is 14.3 Å². The van der Waals surface area contributed by atoms with Gasteiger partial charge in [0.15, 0.2) is 0 Å². The second-order valence-electron chi connectivity index (χ2n) is 5.54. The quantitative estimate of drug-likeness (QED) is 0.621. The van der Waals surface area contributed by atoms with Crippen LogP contribution >= 0.6 is 0 Å². The normalized spacial score (nSPS) is 17.1. The number of ether oxygens (including phenoxy) is 1. The molecule has 4 nitrogen and oxygen atoms in total. The van der Waals surface area contributed by atoms with Gasteiger partial charge in [-0.05, 0) is 58.1 Å². The summed E-state index contributed by atoms with van der Waals surface area (Å²) in [7, 11) is 0. The summed E-state index contributed by atoms with van der Waals surface area (Å²) >= 11 is 0. The minimum absolute atomic E-state index is 0.176. The lowest BCUT2D eigenvalue weighted by molar-refractivity contribution is -0.135. The summed E-state index contributed by atoms with van der Waals surface area (Å²) in [6.07, 6.45) is 12.7. The Bertz CT molecular complexity index is 523. The highest BCUT2D eigenvalue weighted by atomic mass is 16.5. The number of carboxylic acid groups (broad SMARTS) is 1. The summed E-state index contributed by atoms with van der Waals surface area (Å²) in [5.41, 5.74) is 2.16. The Kier molecular flexibility index (Phi) is 7.37. The summed E-state index contributed by atoms with van der Waals surface area (Å²) < 4.78 is 5.31. The van der Waals surface area contributed by atoms with Gasteiger partial charge < -0.3 is 9.84 Å². The first-order valence-corrected chi connectivity index (χ1v) is 7.57. The SMILES string of the molecule is C=C(C)C(=O)O.CC(=CC1=CCCC1)C(=O)OC1=CCCC1. The molecule has 0 heterocycles. The largest absolute Gasteiger partial charge is 0.478 e. The molecule has 0 saturated carbocycles. The third kappa shape index (κ3) is 6.57. The molecule has 0 aromatic rings. The fourth-order valence-corrected chi connectivity index (χ4v) is 2.10. The molecule has 2 aliphatic carbocycles. The van der Waals surface area contributed by atoms with E-state index in [4.69, 9.17) is 9.84 Å². The van der Waals surface area contributed by atoms with E-state index in [-0.39, 0.29) is 11.5 Å². The van der Waals surface area contributed by atoms with Gasteiger partial charge >= 0.3 is 11.9 Å². The molecule has 2 aliphatic rings. The molecule has 0 aromatic heterocycles. The summed E-state index contributed by atoms with van der Waals surface area (Å²) in [6, 6.07) is 0. The molecule has 4 heteroatoms. The fraction of sp³-hybridized carbons (Fsp3) is 0.444. The predicted octanol–water partition coefficient (Wildman–Crippen LogP) is 4.30. The van der Waals surface area contributed by atoms with Crippen molar-refractivity contribution in [3.63, 3.8) is 0 Å². The van der Waals surface area contributed by atoms with Crippen LogP contribution in [0.15, 0.2) is 47.3 Å². The first-order chi connectivity index (χ1) is 10.4. The zero-order valence-electron chi connectivity index (χ0n) is 13.4. The lowest BCUT2D eigenvalue weighted by atomic mass is 10.1. The number of carboxylic acids is 1. The molecule has 0 aromatic carbocycles. The summed E-state index contributed by atoms with van der Waals surface area (Å²) in [6.45, 7) is 6.43. The Morgan fingerprint density at radius 1 is 1.18 bits per heavy atom. The fourth-order valence-electron chi connectivity index (χ4n) is 2.10. The van der Waals surface area contributed by atoms with Crippen molar-refractivity contribution in [2.45, 2.75) is 52.4 Å². The van der Waals surface area contributed by atoms with Gasteiger partial charge in [-0.2, -0.15) is 0 Å². The molecule has 1 N–H and O–H groups in total. The van der Waals surface area contributed by atoms with E-state index >= 15 is 0 Å². The smallest absolute Gasteiger partial charge is 0.338 e. The van der Waals surface area contributed by atoms with Crippen LogP contribution in [0.1, 0.15) is 52.4 Å². The minimum Gasteiger partial charge on any atom is -0.478 e. The molecule has 0 fully saturated rings. The molecule has 0 amide bonds. The Morgan fingerprint density at radius 2 is 1.77 bits per heavy atom. The molecule has 0 bridgehead atoms. The van der Waals surface area contributed by atoms with E-state index in [9.17, 15) is 9.59 Å². The zero-order valence-corrected chi connectivity index (χ0v) is 13.4. The standard InChI is InChI=1S/C14H18O2.C4H6O2/c1-11(10-12-6-2-3-7-12)14(15)16-13-8-4-5-9-13;1-3(2)4(5)6/h6,8,10H,2-5,7,9H2,1H3;1H2,2H3,(H,5,6). The molecule has 0 atom stereocenters. The molecular formula is C18H24O4. The number of carbonyl (C=O) groups is 2. The third-order valence-corrected chi connectivity index (χ3v) is 3.39. The van der Waals surface area contributed by atoms with E-state index in [1.54, 1.807) is 0 Å². The van der Waals surface area contributed by atoms with Crippen molar-refractivity contribution in [2.24, 2.45) is 0 Å². The monoisotopic (exact) mass is 304 g/mol. The maximum absolute atomic E-state index is 11.7. The number of hydrogen-bond acceptors (Lipinski definition) is 3. The number of aliphatic carboxylic acids is 1. The number of esters is 1. The molecule has 0 aliphatic heterocycles. The highest BCUT2D eigenvalue weighted by Gasteiger charge is 2.13. The van der Waals surface area contributed by atoms with Gasteiger partial charge in [0, 0.05) is 17.6 Å². The predicted molar refractivity (Wildman–Crippen MR) is 86.2 cm³/mol. The van der Waals surface area contributed by atoms with Gasteiger partial charge in [0.2, 0.25) is 0 Å². The lowest BCUT2D eigenvalue weighted by Crippen LogP contribution is -2.04. The van der Waals surface area contributed by atoms with E-state index in [1.807, 2.05) is 19.1 Å². The highest BCUT2D eigenvalue weighted by Crippen LogP contribution is 2.22. The average molecular weight is 304 g/mol. The molecule has 0 spiro atoms. The summed E-state index contributed by atoms with van der Waals surface area (Å²) in [5.74, 6) is -0.283. The minimum atomic E-state index is -0.935. The van der Waals surface area contributed by atoms with Crippen LogP contribution in [0.5, 0.6) is 0 Å². The van der Waals surface area contributed by atoms with E-state index in [1.165, 1.54) is 18.9 Å². The van der Waals surface area contributed by atoms with Gasteiger partial charge in [0.25, 0.3) is 0 Å². The van der Waals surface area contributed by atoms with Gasteiger partial charge in [-0.15, -0.1) is 0 Å². The van der Waals surface area contributed by atoms with Gasteiger partial charge in [-0.25, -0.2) is 9.59 Å². The van der Waals surface area contributed by atoms with Gasteiger partial charge in [-0.1, -0.05) is 18.2 Å². The van der Waals surface area contributed by atoms with Crippen molar-refractivity contribution in [3.05, 3.63) is 47.3 Å². The number of hydrogen-bond donors (Lipinski definition) is 1. The van der Waals surface area contributed by atoms with Crippen LogP contribution in [0, 0.1) is 0 Å². The number of allylic oxidation sites excluding steroid dienone is 5. The van der Waals surface area contributed by atoms with Gasteiger partial charge in [-0.3, -0.25) is 0 Å². The second kappa shape index (κ2) is 9.03. The molecule has 0 unspecified atom stereocenters. The van der Waals surface area contributed by atoms with Crippen molar-refractivity contribution >= 4 is 11.9 Å². The van der Waals surface area contributed by atoms with Crippen LogP contribution in [-0.4, -0.2) is 17.0 Å². The zero-order chi connectivity index (χ0) is 16.5. The molecule has 22 heavy (non-hydrogen) atoms. The van der Waals surface area contributed by atoms with Crippen molar-refractivity contribution in [2.75, 3.05) is 0 Å². The maximum Gasteiger partial charge on any atom is 0.338 e. The van der Waals surface area contributed by atoms with Crippen molar-refractivity contribution in [1.29, 1.82) is 0 Å². The Balaban J connectivity index is 0.000000346. The average Bonchev–Trinajstić information content (AvgIpc) is 3.12. The highest BCUT2D eigenvalue weighted by molar-refractivity contribution is 5.89. The summed E-state index contributed by atoms with van der Waals surface area (Å²) in [4.78, 5) is 21.3. The second-order valence-corrected chi connectivity index (χ2v) is 5.54. The van der Waals surface area contributed by atoms with Crippen LogP contribution in [0.2, 0.25) is 0 Å². The van der Waals surface area contributed by atoms with Crippen molar-refractivity contribution in [1.82, 2.24) is 0 Å². The van der Waals surface area contributed by atoms with Crippen molar-refractivity contribution in [3.8, 4) is 0 Å². The Morgan fingerprint density at radius 3 is 2.23 bits per heavy atom.